The van der Waals surface area contributed by atoms with E-state index in [1.54, 1.807) is 6.08 Å². The summed E-state index contributed by atoms with van der Waals surface area (Å²) in [5.41, 5.74) is 2.29. The highest BCUT2D eigenvalue weighted by Gasteiger charge is 2.05. The van der Waals surface area contributed by atoms with Gasteiger partial charge in [-0.2, -0.15) is 0 Å². The van der Waals surface area contributed by atoms with Gasteiger partial charge in [0.05, 0.1) is 5.71 Å². The molecular formula is C9H9BrIN2P. The second-order valence-electron chi connectivity index (χ2n) is 2.53. The maximum atomic E-state index is 7.72. The highest BCUT2D eigenvalue weighted by Crippen LogP contribution is 2.29. The highest BCUT2D eigenvalue weighted by molar-refractivity contribution is 14.2. The van der Waals surface area contributed by atoms with Crippen molar-refractivity contribution in [1.29, 1.82) is 5.41 Å². The molecule has 1 aromatic carbocycles. The van der Waals surface area contributed by atoms with Gasteiger partial charge in [0, 0.05) is 22.1 Å². The molecule has 0 radical (unpaired) electrons. The van der Waals surface area contributed by atoms with Gasteiger partial charge in [0.25, 0.3) is 0 Å². The number of rotatable bonds is 4. The first-order valence-electron chi connectivity index (χ1n) is 3.81. The monoisotopic (exact) mass is 382 g/mol. The number of halogens is 2. The second-order valence-corrected chi connectivity index (χ2v) is 5.50. The fourth-order valence-corrected chi connectivity index (χ4v) is 2.56. The second kappa shape index (κ2) is 5.83. The Hall–Kier alpha value is 0.0700. The van der Waals surface area contributed by atoms with Gasteiger partial charge in [-0.15, -0.1) is 0 Å². The molecule has 2 nitrogen and oxygen atoms in total. The Morgan fingerprint density at radius 2 is 2.36 bits per heavy atom. The zero-order valence-electron chi connectivity index (χ0n) is 7.27. The van der Waals surface area contributed by atoms with Crippen molar-refractivity contribution < 1.29 is 0 Å². The molecule has 1 unspecified atom stereocenters. The molecule has 2 N–H and O–H groups in total. The van der Waals surface area contributed by atoms with E-state index >= 15 is 0 Å². The maximum absolute atomic E-state index is 7.72. The molecule has 0 saturated carbocycles. The zero-order chi connectivity index (χ0) is 10.6. The van der Waals surface area contributed by atoms with Crippen LogP contribution in [0, 0.1) is 5.41 Å². The van der Waals surface area contributed by atoms with E-state index in [-0.39, 0.29) is 0 Å². The van der Waals surface area contributed by atoms with E-state index < -0.39 is 0 Å². The van der Waals surface area contributed by atoms with Crippen molar-refractivity contribution in [2.75, 3.05) is 5.09 Å². The molecule has 0 heterocycles. The van der Waals surface area contributed by atoms with Crippen LogP contribution in [0.15, 0.2) is 35.3 Å². The molecule has 0 bridgehead atoms. The zero-order valence-corrected chi connectivity index (χ0v) is 12.0. The van der Waals surface area contributed by atoms with E-state index in [9.17, 15) is 0 Å². The first kappa shape index (κ1) is 12.1. The molecular weight excluding hydrogens is 374 g/mol. The van der Waals surface area contributed by atoms with Gasteiger partial charge < -0.3 is 10.5 Å². The third-order valence-electron chi connectivity index (χ3n) is 1.66. The molecule has 14 heavy (non-hydrogen) atoms. The van der Waals surface area contributed by atoms with Gasteiger partial charge in [-0.3, -0.25) is 0 Å². The summed E-state index contributed by atoms with van der Waals surface area (Å²) in [5.74, 6) is 0. The van der Waals surface area contributed by atoms with Crippen LogP contribution in [0.5, 0.6) is 0 Å². The van der Waals surface area contributed by atoms with Crippen molar-refractivity contribution in [3.05, 3.63) is 40.9 Å². The molecule has 0 fully saturated rings. The fraction of sp³-hybridized carbons (Fsp3) is 0. The van der Waals surface area contributed by atoms with E-state index in [0.29, 0.717) is 12.1 Å². The van der Waals surface area contributed by atoms with Crippen LogP contribution >= 0.6 is 44.3 Å². The van der Waals surface area contributed by atoms with Gasteiger partial charge in [0.1, 0.15) is 0 Å². The minimum absolute atomic E-state index is 0.434. The molecule has 1 atom stereocenters. The lowest BCUT2D eigenvalue weighted by molar-refractivity contribution is 1.49. The van der Waals surface area contributed by atoms with Crippen molar-refractivity contribution in [3.8, 4) is 0 Å². The fourth-order valence-electron chi connectivity index (χ4n) is 1.01. The lowest BCUT2D eigenvalue weighted by Gasteiger charge is -2.09. The van der Waals surface area contributed by atoms with Crippen LogP contribution in [0.25, 0.3) is 0 Å². The number of allylic oxidation sites excluding steroid dienone is 1. The van der Waals surface area contributed by atoms with Crippen molar-refractivity contribution in [3.63, 3.8) is 0 Å². The van der Waals surface area contributed by atoms with Gasteiger partial charge in [-0.1, -0.05) is 22.5 Å². The highest BCUT2D eigenvalue weighted by atomic mass is 127. The lowest BCUT2D eigenvalue weighted by atomic mass is 10.1. The summed E-state index contributed by atoms with van der Waals surface area (Å²) in [6.07, 6.45) is 2.14. The van der Waals surface area contributed by atoms with Crippen molar-refractivity contribution in [1.82, 2.24) is 0 Å². The van der Waals surface area contributed by atoms with Crippen molar-refractivity contribution in [2.24, 2.45) is 0 Å². The Morgan fingerprint density at radius 3 is 2.93 bits per heavy atom. The maximum Gasteiger partial charge on any atom is 0.0627 e. The standard InChI is InChI=1S/C9H9BrIN2P/c1-2-8(12)7-5-6(10)3-4-9(7)13-14-11/h2-5,12-14H,1H2. The number of anilines is 1. The normalized spacial score (nSPS) is 10.4. The van der Waals surface area contributed by atoms with Gasteiger partial charge in [-0.05, 0) is 46.3 Å². The molecule has 0 spiro atoms. The van der Waals surface area contributed by atoms with Crippen LogP contribution in [0.3, 0.4) is 0 Å². The number of benzene rings is 1. The Balaban J connectivity index is 3.14. The third-order valence-corrected chi connectivity index (χ3v) is 3.32. The molecule has 0 aliphatic heterocycles. The van der Waals surface area contributed by atoms with Gasteiger partial charge >= 0.3 is 0 Å². The van der Waals surface area contributed by atoms with E-state index in [1.807, 2.05) is 18.2 Å². The first-order chi connectivity index (χ1) is 6.69. The average Bonchev–Trinajstić information content (AvgIpc) is 2.20. The molecule has 1 aromatic rings. The Labute approximate surface area is 107 Å². The van der Waals surface area contributed by atoms with Crippen LogP contribution in [0.2, 0.25) is 0 Å². The summed E-state index contributed by atoms with van der Waals surface area (Å²) in [6.45, 7) is 3.60. The number of hydrogen-bond donors (Lipinski definition) is 2. The van der Waals surface area contributed by atoms with Crippen LogP contribution < -0.4 is 5.09 Å². The summed E-state index contributed by atoms with van der Waals surface area (Å²) >= 11 is 5.65. The molecule has 1 rings (SSSR count). The molecule has 0 saturated heterocycles. The third kappa shape index (κ3) is 3.04. The Kier molecular flexibility index (Phi) is 5.06. The molecule has 74 valence electrons. The van der Waals surface area contributed by atoms with Gasteiger partial charge in [0.15, 0.2) is 0 Å². The van der Waals surface area contributed by atoms with Crippen LogP contribution in [-0.2, 0) is 0 Å². The minimum atomic E-state index is 0.434. The smallest absolute Gasteiger partial charge is 0.0627 e. The minimum Gasteiger partial charge on any atom is -0.358 e. The SMILES string of the molecule is C=CC(=N)c1cc(Br)ccc1NPI. The summed E-state index contributed by atoms with van der Waals surface area (Å²) < 4.78 is 0.974. The molecule has 5 heteroatoms. The molecule has 0 aromatic heterocycles. The van der Waals surface area contributed by atoms with Crippen LogP contribution in [0.4, 0.5) is 5.69 Å². The summed E-state index contributed by atoms with van der Waals surface area (Å²) in [7, 11) is 0. The average molecular weight is 383 g/mol. The largest absolute Gasteiger partial charge is 0.358 e. The van der Waals surface area contributed by atoms with E-state index in [2.05, 4.69) is 49.6 Å². The summed E-state index contributed by atoms with van der Waals surface area (Å²) in [5, 5.41) is 10.9. The van der Waals surface area contributed by atoms with Crippen LogP contribution in [0.1, 0.15) is 5.56 Å². The number of nitrogens with one attached hydrogen (secondary N) is 2. The molecule has 0 aliphatic rings. The first-order valence-corrected chi connectivity index (χ1v) is 8.72. The quantitative estimate of drug-likeness (QED) is 0.453. The van der Waals surface area contributed by atoms with Gasteiger partial charge in [0.2, 0.25) is 0 Å². The van der Waals surface area contributed by atoms with E-state index in [4.69, 9.17) is 5.41 Å². The van der Waals surface area contributed by atoms with E-state index in [0.717, 1.165) is 15.7 Å². The van der Waals surface area contributed by atoms with E-state index in [1.165, 1.54) is 0 Å². The van der Waals surface area contributed by atoms with Crippen LogP contribution in [-0.4, -0.2) is 5.71 Å². The van der Waals surface area contributed by atoms with Gasteiger partial charge in [-0.25, -0.2) is 0 Å². The number of hydrogen-bond acceptors (Lipinski definition) is 2. The Morgan fingerprint density at radius 1 is 1.64 bits per heavy atom. The molecule has 0 aliphatic carbocycles. The topological polar surface area (TPSA) is 35.9 Å². The summed E-state index contributed by atoms with van der Waals surface area (Å²) in [6, 6.07) is 5.84. The Bertz CT molecular complexity index is 368. The summed E-state index contributed by atoms with van der Waals surface area (Å²) in [4.78, 5) is 0. The van der Waals surface area contributed by atoms with Crippen molar-refractivity contribution in [2.45, 2.75) is 0 Å². The predicted molar refractivity (Wildman–Crippen MR) is 77.1 cm³/mol. The van der Waals surface area contributed by atoms with Crippen molar-refractivity contribution >= 4 is 55.7 Å². The predicted octanol–water partition coefficient (Wildman–Crippen LogP) is 4.36. The lowest BCUT2D eigenvalue weighted by Crippen LogP contribution is -1.98. The molecule has 0 amide bonds.